The molecule has 31 heavy (non-hydrogen) atoms. The van der Waals surface area contributed by atoms with E-state index < -0.39 is 14.7 Å². The molecule has 1 heterocycles. The van der Waals surface area contributed by atoms with Gasteiger partial charge in [-0.2, -0.15) is 0 Å². The Morgan fingerprint density at radius 2 is 1.16 bits per heavy atom. The van der Waals surface area contributed by atoms with E-state index in [1.54, 1.807) is 0 Å². The van der Waals surface area contributed by atoms with Gasteiger partial charge < -0.3 is 0 Å². The topological polar surface area (TPSA) is 8.81 Å². The molecule has 0 bridgehead atoms. The molecule has 0 saturated heterocycles. The first kappa shape index (κ1) is 19.6. The first-order chi connectivity index (χ1) is 15.4. The van der Waals surface area contributed by atoms with Crippen molar-refractivity contribution in [2.75, 3.05) is 0 Å². The van der Waals surface area contributed by atoms with Crippen LogP contribution in [0.4, 0.5) is 0 Å². The number of aromatic nitrogens is 2. The molecule has 5 rings (SSSR count). The molecule has 4 aromatic carbocycles. The molecule has 0 N–H and O–H groups in total. The average molecular weight is 463 g/mol. The molecular formula is C28H24AsN2+. The summed E-state index contributed by atoms with van der Waals surface area (Å²) in [4.78, 5) is 0. The van der Waals surface area contributed by atoms with Crippen LogP contribution >= 0.6 is 0 Å². The van der Waals surface area contributed by atoms with Crippen molar-refractivity contribution in [3.05, 3.63) is 140 Å². The van der Waals surface area contributed by atoms with Gasteiger partial charge in [0.25, 0.3) is 0 Å². The molecule has 0 aliphatic heterocycles. The maximum absolute atomic E-state index is 2.34. The average Bonchev–Trinajstić information content (AvgIpc) is 3.31. The van der Waals surface area contributed by atoms with E-state index in [1.807, 2.05) is 0 Å². The van der Waals surface area contributed by atoms with E-state index in [-0.39, 0.29) is 0 Å². The third-order valence-electron chi connectivity index (χ3n) is 5.36. The van der Waals surface area contributed by atoms with Gasteiger partial charge >= 0.3 is 189 Å². The van der Waals surface area contributed by atoms with Gasteiger partial charge in [0.1, 0.15) is 0 Å². The van der Waals surface area contributed by atoms with Crippen LogP contribution in [0.3, 0.4) is 0 Å². The van der Waals surface area contributed by atoms with E-state index in [2.05, 4.69) is 143 Å². The minimum atomic E-state index is -1.65. The van der Waals surface area contributed by atoms with Crippen LogP contribution in [0.1, 0.15) is 5.56 Å². The van der Waals surface area contributed by atoms with Crippen LogP contribution in [0.15, 0.2) is 134 Å². The van der Waals surface area contributed by atoms with E-state index >= 15 is 0 Å². The number of imidazole rings is 1. The molecule has 0 aliphatic carbocycles. The van der Waals surface area contributed by atoms with Crippen LogP contribution in [-0.2, 0) is 6.54 Å². The Bertz CT molecular complexity index is 1210. The monoisotopic (exact) mass is 463 g/mol. The summed E-state index contributed by atoms with van der Waals surface area (Å²) in [6.45, 7) is 0.862. The molecule has 0 aliphatic rings. The van der Waals surface area contributed by atoms with Crippen molar-refractivity contribution >= 4 is 27.7 Å². The van der Waals surface area contributed by atoms with E-state index in [0.29, 0.717) is 0 Å². The number of hydrogen-bond donors (Lipinski definition) is 0. The second-order valence-corrected chi connectivity index (χ2v) is 12.0. The van der Waals surface area contributed by atoms with Crippen molar-refractivity contribution in [2.24, 2.45) is 0 Å². The van der Waals surface area contributed by atoms with Gasteiger partial charge in [0, 0.05) is 0 Å². The molecule has 2 nitrogen and oxygen atoms in total. The molecule has 0 unspecified atom stereocenters. The Balaban J connectivity index is 1.53. The fourth-order valence-corrected chi connectivity index (χ4v) is 9.05. The zero-order valence-corrected chi connectivity index (χ0v) is 19.1. The van der Waals surface area contributed by atoms with Crippen LogP contribution in [0, 0.1) is 0 Å². The summed E-state index contributed by atoms with van der Waals surface area (Å²) in [6, 6.07) is 41.5. The normalized spacial score (nSPS) is 11.0. The summed E-state index contributed by atoms with van der Waals surface area (Å²) in [5.41, 5.74) is 2.57. The van der Waals surface area contributed by atoms with E-state index in [4.69, 9.17) is 0 Å². The Hall–Kier alpha value is -3.35. The van der Waals surface area contributed by atoms with Crippen molar-refractivity contribution in [2.45, 2.75) is 6.54 Å². The molecule has 0 saturated carbocycles. The summed E-state index contributed by atoms with van der Waals surface area (Å²) in [5.74, 6) is 0. The van der Waals surface area contributed by atoms with Crippen molar-refractivity contribution in [1.82, 2.24) is 4.57 Å². The van der Waals surface area contributed by atoms with Crippen LogP contribution in [0.2, 0.25) is 0 Å². The van der Waals surface area contributed by atoms with Crippen LogP contribution < -0.4 is 17.6 Å². The quantitative estimate of drug-likeness (QED) is 0.270. The molecule has 5 aromatic rings. The molecule has 0 amide bonds. The third kappa shape index (κ3) is 4.40. The fraction of sp³-hybridized carbons (Fsp3) is 0.0357. The molecule has 0 atom stereocenters. The predicted octanol–water partition coefficient (Wildman–Crippen LogP) is 3.33. The van der Waals surface area contributed by atoms with E-state index in [1.165, 1.54) is 24.3 Å². The van der Waals surface area contributed by atoms with Crippen molar-refractivity contribution in [3.63, 3.8) is 0 Å². The van der Waals surface area contributed by atoms with Crippen LogP contribution in [-0.4, -0.2) is 19.2 Å². The molecule has 0 spiro atoms. The first-order valence-corrected chi connectivity index (χ1v) is 13.3. The summed E-state index contributed by atoms with van der Waals surface area (Å²) in [7, 11) is 0. The first-order valence-electron chi connectivity index (χ1n) is 10.5. The van der Waals surface area contributed by atoms with Gasteiger partial charge in [-0.25, -0.2) is 0 Å². The maximum atomic E-state index is 2.34. The summed E-state index contributed by atoms with van der Waals surface area (Å²) in [5, 5.41) is 0. The van der Waals surface area contributed by atoms with Gasteiger partial charge in [0.2, 0.25) is 0 Å². The number of hydrogen-bond acceptors (Lipinski definition) is 0. The summed E-state index contributed by atoms with van der Waals surface area (Å²) in [6.07, 6.45) is 6.46. The second-order valence-electron chi connectivity index (χ2n) is 7.46. The second kappa shape index (κ2) is 9.20. The van der Waals surface area contributed by atoms with E-state index in [9.17, 15) is 0 Å². The van der Waals surface area contributed by atoms with Gasteiger partial charge in [-0.1, -0.05) is 0 Å². The van der Waals surface area contributed by atoms with Gasteiger partial charge in [-0.3, -0.25) is 0 Å². The number of rotatable bonds is 6. The SMILES string of the molecule is c1ccc(-n2cc[n+](Cc3ccccc3[As](c3ccccc3)c3ccccc3)c2)cc1. The summed E-state index contributed by atoms with van der Waals surface area (Å²) >= 11 is -1.65. The van der Waals surface area contributed by atoms with Crippen molar-refractivity contribution in [3.8, 4) is 5.69 Å². The summed E-state index contributed by atoms with van der Waals surface area (Å²) < 4.78 is 8.86. The Labute approximate surface area is 188 Å². The zero-order chi connectivity index (χ0) is 20.9. The molecule has 150 valence electrons. The van der Waals surface area contributed by atoms with Gasteiger partial charge in [0.15, 0.2) is 0 Å². The Morgan fingerprint density at radius 3 is 1.81 bits per heavy atom. The Kier molecular flexibility index (Phi) is 5.82. The minimum absolute atomic E-state index is 0.862. The zero-order valence-electron chi connectivity index (χ0n) is 17.3. The van der Waals surface area contributed by atoms with Crippen molar-refractivity contribution in [1.29, 1.82) is 0 Å². The third-order valence-corrected chi connectivity index (χ3v) is 10.7. The molecule has 0 radical (unpaired) electrons. The molecule has 3 heteroatoms. The van der Waals surface area contributed by atoms with Crippen molar-refractivity contribution < 1.29 is 4.57 Å². The standard InChI is InChI=1S/C28H24AsN2/c1-4-13-25(14-5-1)29(26-15-6-2-7-16-26)28-19-11-10-12-24(28)22-30-20-21-31(23-30)27-17-8-3-9-18-27/h1-21,23H,22H2/q+1. The number of para-hydroxylation sites is 1. The predicted molar refractivity (Wildman–Crippen MR) is 129 cm³/mol. The fourth-order valence-electron chi connectivity index (χ4n) is 3.88. The number of nitrogens with zero attached hydrogens (tertiary/aromatic N) is 2. The van der Waals surface area contributed by atoms with Gasteiger partial charge in [-0.15, -0.1) is 0 Å². The number of benzene rings is 4. The van der Waals surface area contributed by atoms with E-state index in [0.717, 1.165) is 6.54 Å². The van der Waals surface area contributed by atoms with Crippen LogP contribution in [0.5, 0.6) is 0 Å². The van der Waals surface area contributed by atoms with Crippen LogP contribution in [0.25, 0.3) is 5.69 Å². The Morgan fingerprint density at radius 1 is 0.613 bits per heavy atom. The van der Waals surface area contributed by atoms with Gasteiger partial charge in [-0.05, 0) is 0 Å². The molecular weight excluding hydrogens is 439 g/mol. The van der Waals surface area contributed by atoms with Gasteiger partial charge in [0.05, 0.1) is 0 Å². The molecule has 1 aromatic heterocycles. The molecule has 0 fully saturated rings.